The molecule has 0 aliphatic carbocycles. The smallest absolute Gasteiger partial charge is 0.330 e. The first kappa shape index (κ1) is 13.0. The maximum Gasteiger partial charge on any atom is 0.330 e. The molecule has 5 nitrogen and oxygen atoms in total. The third-order valence-corrected chi connectivity index (χ3v) is 2.40. The summed E-state index contributed by atoms with van der Waals surface area (Å²) in [4.78, 5) is 24.5. The minimum Gasteiger partial charge on any atom is -0.361 e. The first-order valence-electron chi connectivity index (χ1n) is 5.09. The van der Waals surface area contributed by atoms with Crippen molar-refractivity contribution >= 4 is 11.6 Å². The van der Waals surface area contributed by atoms with Gasteiger partial charge in [-0.15, -0.1) is 11.6 Å². The van der Waals surface area contributed by atoms with Crippen LogP contribution in [0.1, 0.15) is 18.5 Å². The van der Waals surface area contributed by atoms with E-state index in [1.165, 1.54) is 10.6 Å². The standard InChI is InChI=1S/C10H15ClN2O3/c1-8-6-9(14)12-10(15)13(8)7-16-5-3-2-4-11/h6H,2-5,7H2,1H3,(H,12,14,15). The monoisotopic (exact) mass is 246 g/mol. The molecule has 0 spiro atoms. The van der Waals surface area contributed by atoms with Crippen molar-refractivity contribution in [2.24, 2.45) is 0 Å². The summed E-state index contributed by atoms with van der Waals surface area (Å²) in [6, 6.07) is 1.36. The number of hydrogen-bond donors (Lipinski definition) is 1. The maximum atomic E-state index is 11.4. The van der Waals surface area contributed by atoms with Crippen molar-refractivity contribution in [2.45, 2.75) is 26.5 Å². The lowest BCUT2D eigenvalue weighted by molar-refractivity contribution is 0.0703. The Morgan fingerprint density at radius 3 is 2.81 bits per heavy atom. The highest BCUT2D eigenvalue weighted by atomic mass is 35.5. The van der Waals surface area contributed by atoms with E-state index in [-0.39, 0.29) is 12.3 Å². The molecule has 0 aliphatic heterocycles. The Balaban J connectivity index is 2.54. The van der Waals surface area contributed by atoms with E-state index in [0.29, 0.717) is 18.2 Å². The minimum absolute atomic E-state index is 0.156. The minimum atomic E-state index is -0.442. The SMILES string of the molecule is Cc1cc(=O)[nH]c(=O)n1COCCCCCl. The molecule has 0 amide bonds. The van der Waals surface area contributed by atoms with Crippen LogP contribution in [0.2, 0.25) is 0 Å². The van der Waals surface area contributed by atoms with E-state index in [2.05, 4.69) is 4.98 Å². The summed E-state index contributed by atoms with van der Waals surface area (Å²) >= 11 is 5.51. The van der Waals surface area contributed by atoms with E-state index in [0.717, 1.165) is 12.8 Å². The topological polar surface area (TPSA) is 64.1 Å². The van der Waals surface area contributed by atoms with Gasteiger partial charge >= 0.3 is 5.69 Å². The number of hydrogen-bond acceptors (Lipinski definition) is 3. The fourth-order valence-corrected chi connectivity index (χ4v) is 1.44. The summed E-state index contributed by atoms with van der Waals surface area (Å²) in [5, 5.41) is 0. The fraction of sp³-hybridized carbons (Fsp3) is 0.600. The quantitative estimate of drug-likeness (QED) is 0.598. The van der Waals surface area contributed by atoms with E-state index in [1.807, 2.05) is 0 Å². The van der Waals surface area contributed by atoms with Gasteiger partial charge < -0.3 is 4.74 Å². The van der Waals surface area contributed by atoms with Crippen molar-refractivity contribution in [3.63, 3.8) is 0 Å². The predicted molar refractivity (Wildman–Crippen MR) is 62.0 cm³/mol. The van der Waals surface area contributed by atoms with Gasteiger partial charge in [0.2, 0.25) is 0 Å². The number of aryl methyl sites for hydroxylation is 1. The van der Waals surface area contributed by atoms with Gasteiger partial charge in [0.25, 0.3) is 5.56 Å². The molecule has 1 aromatic rings. The zero-order chi connectivity index (χ0) is 12.0. The predicted octanol–water partition coefficient (Wildman–Crippen LogP) is 0.838. The fourth-order valence-electron chi connectivity index (χ4n) is 1.25. The molecule has 1 heterocycles. The van der Waals surface area contributed by atoms with Crippen LogP contribution in [0, 0.1) is 6.92 Å². The van der Waals surface area contributed by atoms with E-state index >= 15 is 0 Å². The van der Waals surface area contributed by atoms with Crippen LogP contribution in [0.4, 0.5) is 0 Å². The molecule has 0 fully saturated rings. The number of unbranched alkanes of at least 4 members (excludes halogenated alkanes) is 1. The molecular formula is C10H15ClN2O3. The molecule has 16 heavy (non-hydrogen) atoms. The van der Waals surface area contributed by atoms with Crippen molar-refractivity contribution < 1.29 is 4.74 Å². The lowest BCUT2D eigenvalue weighted by Gasteiger charge is -2.08. The molecule has 0 atom stereocenters. The van der Waals surface area contributed by atoms with Crippen molar-refractivity contribution in [3.8, 4) is 0 Å². The lowest BCUT2D eigenvalue weighted by atomic mass is 10.4. The van der Waals surface area contributed by atoms with Crippen molar-refractivity contribution in [3.05, 3.63) is 32.6 Å². The van der Waals surface area contributed by atoms with Gasteiger partial charge in [-0.25, -0.2) is 4.79 Å². The largest absolute Gasteiger partial charge is 0.361 e. The zero-order valence-electron chi connectivity index (χ0n) is 9.16. The van der Waals surface area contributed by atoms with E-state index in [9.17, 15) is 9.59 Å². The van der Waals surface area contributed by atoms with Crippen molar-refractivity contribution in [2.75, 3.05) is 12.5 Å². The van der Waals surface area contributed by atoms with Gasteiger partial charge in [-0.05, 0) is 19.8 Å². The van der Waals surface area contributed by atoms with Crippen molar-refractivity contribution in [1.29, 1.82) is 0 Å². The first-order valence-corrected chi connectivity index (χ1v) is 5.63. The summed E-state index contributed by atoms with van der Waals surface area (Å²) in [7, 11) is 0. The Hall–Kier alpha value is -1.07. The van der Waals surface area contributed by atoms with Crippen LogP contribution in [0.5, 0.6) is 0 Å². The Labute approximate surface area is 98.0 Å². The molecule has 0 saturated heterocycles. The Bertz CT molecular complexity index is 438. The number of aromatic amines is 1. The molecule has 1 rings (SSSR count). The van der Waals surface area contributed by atoms with Crippen LogP contribution in [0.3, 0.4) is 0 Å². The summed E-state index contributed by atoms with van der Waals surface area (Å²) in [5.74, 6) is 0.612. The van der Waals surface area contributed by atoms with Gasteiger partial charge in [0.1, 0.15) is 6.73 Å². The average Bonchev–Trinajstić information content (AvgIpc) is 2.20. The van der Waals surface area contributed by atoms with E-state index < -0.39 is 5.69 Å². The van der Waals surface area contributed by atoms with Crippen LogP contribution < -0.4 is 11.2 Å². The second-order valence-electron chi connectivity index (χ2n) is 3.44. The summed E-state index contributed by atoms with van der Waals surface area (Å²) in [6.07, 6.45) is 1.75. The molecule has 90 valence electrons. The van der Waals surface area contributed by atoms with Crippen LogP contribution in [0.25, 0.3) is 0 Å². The average molecular weight is 247 g/mol. The van der Waals surface area contributed by atoms with Gasteiger partial charge in [-0.2, -0.15) is 0 Å². The van der Waals surface area contributed by atoms with Crippen LogP contribution in [0.15, 0.2) is 15.7 Å². The highest BCUT2D eigenvalue weighted by molar-refractivity contribution is 6.17. The normalized spacial score (nSPS) is 10.6. The Morgan fingerprint density at radius 2 is 2.19 bits per heavy atom. The number of ether oxygens (including phenoxy) is 1. The van der Waals surface area contributed by atoms with Crippen LogP contribution >= 0.6 is 11.6 Å². The third kappa shape index (κ3) is 3.83. The zero-order valence-corrected chi connectivity index (χ0v) is 9.92. The number of aromatic nitrogens is 2. The number of nitrogens with one attached hydrogen (secondary N) is 1. The summed E-state index contributed by atoms with van der Waals surface area (Å²) < 4.78 is 6.68. The van der Waals surface area contributed by atoms with Crippen LogP contribution in [-0.4, -0.2) is 22.0 Å². The van der Waals surface area contributed by atoms with Crippen molar-refractivity contribution in [1.82, 2.24) is 9.55 Å². The highest BCUT2D eigenvalue weighted by Crippen LogP contribution is 1.95. The van der Waals surface area contributed by atoms with E-state index in [1.54, 1.807) is 6.92 Å². The molecule has 1 aromatic heterocycles. The van der Waals surface area contributed by atoms with E-state index in [4.69, 9.17) is 16.3 Å². The summed E-state index contributed by atoms with van der Waals surface area (Å²) in [5.41, 5.74) is -0.241. The molecule has 0 aliphatic rings. The van der Waals surface area contributed by atoms with Crippen LogP contribution in [-0.2, 0) is 11.5 Å². The molecule has 6 heteroatoms. The Kier molecular flexibility index (Phi) is 5.28. The molecule has 0 aromatic carbocycles. The second kappa shape index (κ2) is 6.50. The molecular weight excluding hydrogens is 232 g/mol. The molecule has 0 unspecified atom stereocenters. The number of alkyl halides is 1. The first-order chi connectivity index (χ1) is 7.65. The molecule has 0 saturated carbocycles. The number of halogens is 1. The Morgan fingerprint density at radius 1 is 1.44 bits per heavy atom. The highest BCUT2D eigenvalue weighted by Gasteiger charge is 2.01. The lowest BCUT2D eigenvalue weighted by Crippen LogP contribution is -2.31. The second-order valence-corrected chi connectivity index (χ2v) is 3.82. The third-order valence-electron chi connectivity index (χ3n) is 2.13. The molecule has 0 radical (unpaired) electrons. The van der Waals surface area contributed by atoms with Gasteiger partial charge in [-0.3, -0.25) is 14.3 Å². The molecule has 0 bridgehead atoms. The van der Waals surface area contributed by atoms with Gasteiger partial charge in [0.05, 0.1) is 0 Å². The van der Waals surface area contributed by atoms with Gasteiger partial charge in [0, 0.05) is 24.2 Å². The number of nitrogens with zero attached hydrogens (tertiary/aromatic N) is 1. The summed E-state index contributed by atoms with van der Waals surface area (Å²) in [6.45, 7) is 2.40. The van der Waals surface area contributed by atoms with Gasteiger partial charge in [-0.1, -0.05) is 0 Å². The van der Waals surface area contributed by atoms with Gasteiger partial charge in [0.15, 0.2) is 0 Å². The number of rotatable bonds is 6. The maximum absolute atomic E-state index is 11.4. The number of H-pyrrole nitrogens is 1. The molecule has 1 N–H and O–H groups in total.